The van der Waals surface area contributed by atoms with Crippen molar-refractivity contribution in [3.05, 3.63) is 34.9 Å². The van der Waals surface area contributed by atoms with Crippen LogP contribution in [-0.2, 0) is 0 Å². The first-order valence-corrected chi connectivity index (χ1v) is 8.06. The summed E-state index contributed by atoms with van der Waals surface area (Å²) in [5.74, 6) is -7.50. The van der Waals surface area contributed by atoms with Crippen molar-refractivity contribution in [2.75, 3.05) is 27.2 Å². The number of halogens is 5. The van der Waals surface area contributed by atoms with Crippen LogP contribution in [0.15, 0.2) is 34.9 Å². The second kappa shape index (κ2) is 9.59. The Morgan fingerprint density at radius 3 is 2.17 bits per heavy atom. The van der Waals surface area contributed by atoms with E-state index in [0.29, 0.717) is 13.0 Å². The lowest BCUT2D eigenvalue weighted by Crippen LogP contribution is -2.44. The van der Waals surface area contributed by atoms with Crippen molar-refractivity contribution in [2.24, 2.45) is 5.92 Å². The van der Waals surface area contributed by atoms with E-state index < -0.39 is 35.6 Å². The molecule has 0 aromatic carbocycles. The number of hydrogen-bond donors (Lipinski definition) is 1. The highest BCUT2D eigenvalue weighted by Gasteiger charge is 2.41. The minimum absolute atomic E-state index is 0.0757. The molecule has 0 saturated carbocycles. The number of rotatable bonds is 10. The van der Waals surface area contributed by atoms with E-state index in [1.54, 1.807) is 14.1 Å². The average molecular weight is 401 g/mol. The predicted molar refractivity (Wildman–Crippen MR) is 91.2 cm³/mol. The molecule has 23 heavy (non-hydrogen) atoms. The van der Waals surface area contributed by atoms with Crippen LogP contribution in [0.4, 0.5) is 17.6 Å². The van der Waals surface area contributed by atoms with Crippen LogP contribution in [0, 0.1) is 5.92 Å². The molecule has 1 N–H and O–H groups in total. The Morgan fingerprint density at radius 1 is 1.22 bits per heavy atom. The smallest absolute Gasteiger partial charge is 0.267 e. The first-order valence-electron chi connectivity index (χ1n) is 7.27. The number of alkyl halides is 2. The molecule has 0 aromatic heterocycles. The van der Waals surface area contributed by atoms with Gasteiger partial charge in [-0.05, 0) is 55.5 Å². The van der Waals surface area contributed by atoms with E-state index >= 15 is 0 Å². The molecular formula is C16H25BrF4N2. The van der Waals surface area contributed by atoms with Crippen LogP contribution in [0.5, 0.6) is 0 Å². The predicted octanol–water partition coefficient (Wildman–Crippen LogP) is 4.80. The summed E-state index contributed by atoms with van der Waals surface area (Å²) in [5.41, 5.74) is -0.579. The summed E-state index contributed by atoms with van der Waals surface area (Å²) in [5, 5.41) is 2.96. The van der Waals surface area contributed by atoms with Gasteiger partial charge in [0.25, 0.3) is 5.92 Å². The fraction of sp³-hybridized carbons (Fsp3) is 0.625. The number of nitrogens with one attached hydrogen (secondary N) is 1. The number of nitrogens with zero attached hydrogens (tertiary/aromatic N) is 1. The SMILES string of the molecule is C=C(Br)/C(F)=C(/F)C(=C)C(C)C(F)(F)CN(C)C(C)CCNC. The number of hydrogen-bond acceptors (Lipinski definition) is 2. The lowest BCUT2D eigenvalue weighted by molar-refractivity contribution is -0.0668. The molecule has 7 heteroatoms. The quantitative estimate of drug-likeness (QED) is 0.418. The maximum atomic E-state index is 14.4. The summed E-state index contributed by atoms with van der Waals surface area (Å²) in [7, 11) is 3.37. The summed E-state index contributed by atoms with van der Waals surface area (Å²) in [4.78, 5) is 1.50. The van der Waals surface area contributed by atoms with Crippen LogP contribution >= 0.6 is 15.9 Å². The third-order valence-electron chi connectivity index (χ3n) is 3.89. The molecule has 0 aromatic rings. The molecule has 0 bridgehead atoms. The van der Waals surface area contributed by atoms with Crippen LogP contribution in [-0.4, -0.2) is 44.0 Å². The highest BCUT2D eigenvalue weighted by molar-refractivity contribution is 9.11. The molecule has 0 spiro atoms. The van der Waals surface area contributed by atoms with E-state index in [9.17, 15) is 17.6 Å². The lowest BCUT2D eigenvalue weighted by Gasteiger charge is -2.32. The first kappa shape index (κ1) is 22.3. The van der Waals surface area contributed by atoms with Gasteiger partial charge in [0.2, 0.25) is 0 Å². The summed E-state index contributed by atoms with van der Waals surface area (Å²) in [6.07, 6.45) is 0.699. The van der Waals surface area contributed by atoms with Gasteiger partial charge in [-0.1, -0.05) is 20.1 Å². The molecule has 2 unspecified atom stereocenters. The maximum Gasteiger partial charge on any atom is 0.267 e. The molecule has 0 aliphatic rings. The zero-order chi connectivity index (χ0) is 18.4. The summed E-state index contributed by atoms with van der Waals surface area (Å²) in [6.45, 7) is 9.57. The zero-order valence-electron chi connectivity index (χ0n) is 14.0. The van der Waals surface area contributed by atoms with E-state index in [0.717, 1.165) is 6.92 Å². The third kappa shape index (κ3) is 6.77. The Labute approximate surface area is 144 Å². The van der Waals surface area contributed by atoms with E-state index in [2.05, 4.69) is 34.4 Å². The monoisotopic (exact) mass is 400 g/mol. The van der Waals surface area contributed by atoms with Crippen molar-refractivity contribution < 1.29 is 17.6 Å². The Kier molecular flexibility index (Phi) is 9.32. The Balaban J connectivity index is 5.03. The second-order valence-corrected chi connectivity index (χ2v) is 6.65. The van der Waals surface area contributed by atoms with Gasteiger partial charge in [-0.25, -0.2) is 17.6 Å². The first-order chi connectivity index (χ1) is 10.5. The van der Waals surface area contributed by atoms with Crippen LogP contribution < -0.4 is 5.32 Å². The van der Waals surface area contributed by atoms with Crippen molar-refractivity contribution in [1.29, 1.82) is 0 Å². The molecule has 0 saturated heterocycles. The van der Waals surface area contributed by atoms with Crippen LogP contribution in [0.1, 0.15) is 20.3 Å². The van der Waals surface area contributed by atoms with Gasteiger partial charge in [0.15, 0.2) is 11.7 Å². The van der Waals surface area contributed by atoms with Crippen molar-refractivity contribution in [1.82, 2.24) is 10.2 Å². The minimum atomic E-state index is -3.25. The fourth-order valence-corrected chi connectivity index (χ4v) is 2.08. The van der Waals surface area contributed by atoms with Crippen molar-refractivity contribution >= 4 is 15.9 Å². The van der Waals surface area contributed by atoms with Gasteiger partial charge in [-0.15, -0.1) is 0 Å². The topological polar surface area (TPSA) is 15.3 Å². The Hall–Kier alpha value is -0.660. The average Bonchev–Trinajstić information content (AvgIpc) is 2.48. The normalized spacial score (nSPS) is 16.1. The molecule has 2 atom stereocenters. The lowest BCUT2D eigenvalue weighted by atomic mass is 9.93. The van der Waals surface area contributed by atoms with Crippen LogP contribution in [0.2, 0.25) is 0 Å². The molecule has 2 nitrogen and oxygen atoms in total. The van der Waals surface area contributed by atoms with Gasteiger partial charge in [0.1, 0.15) is 0 Å². The summed E-state index contributed by atoms with van der Waals surface area (Å²) < 4.78 is 55.7. The molecule has 0 aliphatic carbocycles. The molecular weight excluding hydrogens is 376 g/mol. The van der Waals surface area contributed by atoms with Crippen LogP contribution in [0.3, 0.4) is 0 Å². The van der Waals surface area contributed by atoms with E-state index in [-0.39, 0.29) is 10.5 Å². The summed E-state index contributed by atoms with van der Waals surface area (Å²) in [6, 6.07) is -0.0757. The molecule has 0 fully saturated rings. The largest absolute Gasteiger partial charge is 0.320 e. The van der Waals surface area contributed by atoms with E-state index in [1.807, 2.05) is 6.92 Å². The fourth-order valence-electron chi connectivity index (χ4n) is 1.90. The Bertz CT molecular complexity index is 463. The Morgan fingerprint density at radius 2 is 1.74 bits per heavy atom. The van der Waals surface area contributed by atoms with Crippen molar-refractivity contribution in [3.63, 3.8) is 0 Å². The van der Waals surface area contributed by atoms with Gasteiger partial charge < -0.3 is 5.32 Å². The summed E-state index contributed by atoms with van der Waals surface area (Å²) >= 11 is 2.68. The van der Waals surface area contributed by atoms with E-state index in [4.69, 9.17) is 0 Å². The highest BCUT2D eigenvalue weighted by Crippen LogP contribution is 2.37. The maximum absolute atomic E-state index is 14.4. The molecule has 0 radical (unpaired) electrons. The standard InChI is InChI=1S/C16H25BrF4N2/c1-10(7-8-22-5)23(6)9-16(20,21)12(3)11(2)14(18)15(19)13(4)17/h10,12,22H,2,4,7-9H2,1,3,5-6H3/b15-14-. The van der Waals surface area contributed by atoms with Crippen molar-refractivity contribution in [2.45, 2.75) is 32.2 Å². The number of allylic oxidation sites excluding steroid dienone is 4. The van der Waals surface area contributed by atoms with Gasteiger partial charge in [0, 0.05) is 16.4 Å². The van der Waals surface area contributed by atoms with Crippen LogP contribution in [0.25, 0.3) is 0 Å². The zero-order valence-corrected chi connectivity index (χ0v) is 15.6. The molecule has 0 rings (SSSR count). The molecule has 0 heterocycles. The van der Waals surface area contributed by atoms with Crippen molar-refractivity contribution in [3.8, 4) is 0 Å². The highest BCUT2D eigenvalue weighted by atomic mass is 79.9. The molecule has 134 valence electrons. The molecule has 0 amide bonds. The second-order valence-electron chi connectivity index (χ2n) is 5.70. The third-order valence-corrected chi connectivity index (χ3v) is 4.24. The van der Waals surface area contributed by atoms with E-state index in [1.165, 1.54) is 4.90 Å². The van der Waals surface area contributed by atoms with Gasteiger partial charge in [-0.3, -0.25) is 4.90 Å². The van der Waals surface area contributed by atoms with Gasteiger partial charge in [0.05, 0.1) is 6.54 Å². The van der Waals surface area contributed by atoms with Gasteiger partial charge >= 0.3 is 0 Å². The molecule has 0 aliphatic heterocycles. The minimum Gasteiger partial charge on any atom is -0.320 e. The van der Waals surface area contributed by atoms with Gasteiger partial charge in [-0.2, -0.15) is 0 Å².